The van der Waals surface area contributed by atoms with E-state index in [1.807, 2.05) is 4.90 Å². The number of likely N-dealkylation sites (tertiary alicyclic amines) is 1. The summed E-state index contributed by atoms with van der Waals surface area (Å²) >= 11 is 0. The summed E-state index contributed by atoms with van der Waals surface area (Å²) in [5, 5.41) is 0. The number of rotatable bonds is 4. The van der Waals surface area contributed by atoms with E-state index in [0.717, 1.165) is 32.2 Å². The van der Waals surface area contributed by atoms with E-state index in [1.54, 1.807) is 19.0 Å². The molecule has 1 saturated heterocycles. The minimum absolute atomic E-state index is 0.00735. The Labute approximate surface area is 110 Å². The summed E-state index contributed by atoms with van der Waals surface area (Å²) in [4.78, 5) is 27.8. The number of nitrogens with zero attached hydrogens (tertiary/aromatic N) is 2. The van der Waals surface area contributed by atoms with E-state index in [1.165, 1.54) is 0 Å². The van der Waals surface area contributed by atoms with E-state index in [2.05, 4.69) is 13.8 Å². The zero-order valence-electron chi connectivity index (χ0n) is 12.1. The van der Waals surface area contributed by atoms with E-state index >= 15 is 0 Å². The van der Waals surface area contributed by atoms with Crippen molar-refractivity contribution in [2.24, 2.45) is 11.8 Å². The molecule has 0 saturated carbocycles. The standard InChI is InChI=1S/C14H26N2O2/c1-5-11(6-2)14(18)16-9-7-8-12(10-16)13(17)15(3)4/h11-12H,5-10H2,1-4H3. The van der Waals surface area contributed by atoms with Gasteiger partial charge in [-0.05, 0) is 25.7 Å². The largest absolute Gasteiger partial charge is 0.349 e. The fraction of sp³-hybridized carbons (Fsp3) is 0.857. The Kier molecular flexibility index (Phi) is 5.63. The topological polar surface area (TPSA) is 40.6 Å². The molecule has 104 valence electrons. The Hall–Kier alpha value is -1.06. The van der Waals surface area contributed by atoms with Gasteiger partial charge in [0.1, 0.15) is 0 Å². The highest BCUT2D eigenvalue weighted by Crippen LogP contribution is 2.21. The van der Waals surface area contributed by atoms with E-state index < -0.39 is 0 Å². The molecule has 0 spiro atoms. The second-order valence-electron chi connectivity index (χ2n) is 5.37. The highest BCUT2D eigenvalue weighted by molar-refractivity contribution is 5.82. The van der Waals surface area contributed by atoms with Gasteiger partial charge in [-0.2, -0.15) is 0 Å². The molecule has 1 atom stereocenters. The first-order chi connectivity index (χ1) is 8.51. The van der Waals surface area contributed by atoms with Gasteiger partial charge in [-0.25, -0.2) is 0 Å². The van der Waals surface area contributed by atoms with Gasteiger partial charge in [0.05, 0.1) is 5.92 Å². The molecule has 1 fully saturated rings. The molecule has 1 heterocycles. The van der Waals surface area contributed by atoms with Gasteiger partial charge < -0.3 is 9.80 Å². The molecule has 1 rings (SSSR count). The summed E-state index contributed by atoms with van der Waals surface area (Å²) in [7, 11) is 3.56. The van der Waals surface area contributed by atoms with Gasteiger partial charge in [0.2, 0.25) is 11.8 Å². The fourth-order valence-corrected chi connectivity index (χ4v) is 2.64. The molecule has 0 N–H and O–H groups in total. The van der Waals surface area contributed by atoms with Crippen LogP contribution in [0.1, 0.15) is 39.5 Å². The Morgan fingerprint density at radius 3 is 2.39 bits per heavy atom. The third-order valence-corrected chi connectivity index (χ3v) is 3.86. The molecule has 4 nitrogen and oxygen atoms in total. The van der Waals surface area contributed by atoms with Crippen LogP contribution in [-0.4, -0.2) is 48.8 Å². The van der Waals surface area contributed by atoms with Crippen molar-refractivity contribution < 1.29 is 9.59 Å². The molecular formula is C14H26N2O2. The molecule has 4 heteroatoms. The Morgan fingerprint density at radius 2 is 1.89 bits per heavy atom. The average Bonchev–Trinajstić information content (AvgIpc) is 2.39. The van der Waals surface area contributed by atoms with Crippen molar-refractivity contribution in [1.29, 1.82) is 0 Å². The molecule has 18 heavy (non-hydrogen) atoms. The maximum Gasteiger partial charge on any atom is 0.226 e. The fourth-order valence-electron chi connectivity index (χ4n) is 2.64. The van der Waals surface area contributed by atoms with Crippen molar-refractivity contribution >= 4 is 11.8 Å². The molecule has 0 aromatic carbocycles. The number of carbonyl (C=O) groups excluding carboxylic acids is 2. The molecule has 0 aliphatic carbocycles. The van der Waals surface area contributed by atoms with Crippen LogP contribution < -0.4 is 0 Å². The summed E-state index contributed by atoms with van der Waals surface area (Å²) in [5.41, 5.74) is 0. The van der Waals surface area contributed by atoms with Gasteiger partial charge in [-0.15, -0.1) is 0 Å². The summed E-state index contributed by atoms with van der Waals surface area (Å²) in [6.07, 6.45) is 3.62. The molecule has 1 aliphatic heterocycles. The van der Waals surface area contributed by atoms with E-state index in [4.69, 9.17) is 0 Å². The van der Waals surface area contributed by atoms with Gasteiger partial charge in [0, 0.05) is 33.1 Å². The molecule has 0 bridgehead atoms. The second-order valence-corrected chi connectivity index (χ2v) is 5.37. The molecule has 0 aromatic heterocycles. The first-order valence-electron chi connectivity index (χ1n) is 7.01. The van der Waals surface area contributed by atoms with Gasteiger partial charge in [-0.1, -0.05) is 13.8 Å². The van der Waals surface area contributed by atoms with Gasteiger partial charge in [-0.3, -0.25) is 9.59 Å². The Balaban J connectivity index is 2.63. The van der Waals surface area contributed by atoms with E-state index in [0.29, 0.717) is 6.54 Å². The van der Waals surface area contributed by atoms with Gasteiger partial charge in [0.25, 0.3) is 0 Å². The summed E-state index contributed by atoms with van der Waals surface area (Å²) in [5.74, 6) is 0.499. The van der Waals surface area contributed by atoms with E-state index in [9.17, 15) is 9.59 Å². The highest BCUT2D eigenvalue weighted by Gasteiger charge is 2.31. The maximum atomic E-state index is 12.3. The smallest absolute Gasteiger partial charge is 0.226 e. The zero-order chi connectivity index (χ0) is 13.7. The van der Waals surface area contributed by atoms with Crippen LogP contribution in [0.2, 0.25) is 0 Å². The van der Waals surface area contributed by atoms with Crippen LogP contribution in [0.5, 0.6) is 0 Å². The number of hydrogen-bond acceptors (Lipinski definition) is 2. The second kappa shape index (κ2) is 6.76. The molecule has 2 amide bonds. The van der Waals surface area contributed by atoms with Gasteiger partial charge >= 0.3 is 0 Å². The number of piperidine rings is 1. The number of carbonyl (C=O) groups is 2. The van der Waals surface area contributed by atoms with Crippen molar-refractivity contribution in [1.82, 2.24) is 9.80 Å². The summed E-state index contributed by atoms with van der Waals surface area (Å²) in [6.45, 7) is 5.52. The Bertz CT molecular complexity index is 298. The lowest BCUT2D eigenvalue weighted by Gasteiger charge is -2.35. The van der Waals surface area contributed by atoms with Crippen LogP contribution in [-0.2, 0) is 9.59 Å². The monoisotopic (exact) mass is 254 g/mol. The minimum atomic E-state index is -0.00735. The first kappa shape index (κ1) is 15.0. The minimum Gasteiger partial charge on any atom is -0.349 e. The average molecular weight is 254 g/mol. The third kappa shape index (κ3) is 3.47. The van der Waals surface area contributed by atoms with E-state index in [-0.39, 0.29) is 23.7 Å². The molecule has 0 radical (unpaired) electrons. The molecule has 1 unspecified atom stereocenters. The molecule has 1 aliphatic rings. The van der Waals surface area contributed by atoms with Crippen LogP contribution in [0.25, 0.3) is 0 Å². The van der Waals surface area contributed by atoms with Crippen LogP contribution in [0.4, 0.5) is 0 Å². The van der Waals surface area contributed by atoms with Crippen LogP contribution in [0.15, 0.2) is 0 Å². The summed E-state index contributed by atoms with van der Waals surface area (Å²) < 4.78 is 0. The van der Waals surface area contributed by atoms with Crippen LogP contribution >= 0.6 is 0 Å². The lowest BCUT2D eigenvalue weighted by Crippen LogP contribution is -2.46. The number of amides is 2. The van der Waals surface area contributed by atoms with Gasteiger partial charge in [0.15, 0.2) is 0 Å². The summed E-state index contributed by atoms with van der Waals surface area (Å²) in [6, 6.07) is 0. The number of hydrogen-bond donors (Lipinski definition) is 0. The zero-order valence-corrected chi connectivity index (χ0v) is 12.1. The predicted molar refractivity (Wildman–Crippen MR) is 72.1 cm³/mol. The Morgan fingerprint density at radius 1 is 1.28 bits per heavy atom. The normalized spacial score (nSPS) is 20.1. The van der Waals surface area contributed by atoms with Crippen LogP contribution in [0.3, 0.4) is 0 Å². The molecule has 0 aromatic rings. The van der Waals surface area contributed by atoms with Crippen molar-refractivity contribution in [3.05, 3.63) is 0 Å². The first-order valence-corrected chi connectivity index (χ1v) is 7.01. The molecular weight excluding hydrogens is 228 g/mol. The maximum absolute atomic E-state index is 12.3. The van der Waals surface area contributed by atoms with Crippen LogP contribution in [0, 0.1) is 11.8 Å². The lowest BCUT2D eigenvalue weighted by atomic mass is 9.94. The van der Waals surface area contributed by atoms with Crippen molar-refractivity contribution in [2.45, 2.75) is 39.5 Å². The third-order valence-electron chi connectivity index (χ3n) is 3.86. The SMILES string of the molecule is CCC(CC)C(=O)N1CCCC(C(=O)N(C)C)C1. The highest BCUT2D eigenvalue weighted by atomic mass is 16.2. The lowest BCUT2D eigenvalue weighted by molar-refractivity contribution is -0.141. The predicted octanol–water partition coefficient (Wildman–Crippen LogP) is 1.75. The van der Waals surface area contributed by atoms with Crippen molar-refractivity contribution in [2.75, 3.05) is 27.2 Å². The quantitative estimate of drug-likeness (QED) is 0.767. The van der Waals surface area contributed by atoms with Crippen molar-refractivity contribution in [3.63, 3.8) is 0 Å². The van der Waals surface area contributed by atoms with Crippen molar-refractivity contribution in [3.8, 4) is 0 Å².